The normalized spacial score (nSPS) is 19.0. The number of hydrogen-bond donors (Lipinski definition) is 0. The molecule has 4 nitrogen and oxygen atoms in total. The molecule has 23 heavy (non-hydrogen) atoms. The van der Waals surface area contributed by atoms with Crippen molar-refractivity contribution in [3.63, 3.8) is 0 Å². The number of likely N-dealkylation sites (tertiary alicyclic amines) is 1. The average molecular weight is 329 g/mol. The number of rotatable bonds is 2. The smallest absolute Gasteiger partial charge is 0.257 e. The molecular formula is C18H19NO3S. The summed E-state index contributed by atoms with van der Waals surface area (Å²) in [7, 11) is 0. The topological polar surface area (TPSA) is 50.5 Å². The fourth-order valence-corrected chi connectivity index (χ4v) is 4.42. The van der Waals surface area contributed by atoms with Crippen molar-refractivity contribution >= 4 is 23.0 Å². The number of amides is 1. The molecule has 1 aliphatic heterocycles. The van der Waals surface area contributed by atoms with Crippen molar-refractivity contribution in [3.05, 3.63) is 45.5 Å². The lowest BCUT2D eigenvalue weighted by Crippen LogP contribution is -2.38. The molecule has 0 bridgehead atoms. The summed E-state index contributed by atoms with van der Waals surface area (Å²) >= 11 is 1.72. The lowest BCUT2D eigenvalue weighted by Gasteiger charge is -2.31. The van der Waals surface area contributed by atoms with E-state index in [1.165, 1.54) is 11.8 Å². The second-order valence-electron chi connectivity index (χ2n) is 6.35. The Morgan fingerprint density at radius 2 is 2.09 bits per heavy atom. The third-order valence-electron chi connectivity index (χ3n) is 4.98. The highest BCUT2D eigenvalue weighted by molar-refractivity contribution is 7.07. The molecule has 4 rings (SSSR count). The van der Waals surface area contributed by atoms with Crippen LogP contribution in [-0.4, -0.2) is 29.7 Å². The van der Waals surface area contributed by atoms with E-state index in [0.717, 1.165) is 38.8 Å². The van der Waals surface area contributed by atoms with Crippen molar-refractivity contribution in [1.29, 1.82) is 0 Å². The molecule has 0 saturated carbocycles. The standard InChI is InChI=1S/C18H19NO3S/c20-15-2-1-3-16-17(15)14(10-22-16)18(21)19-7-4-12(5-8-19)13-6-9-23-11-13/h6,9-12H,1-5,7-8H2. The molecule has 1 fully saturated rings. The summed E-state index contributed by atoms with van der Waals surface area (Å²) in [5, 5.41) is 4.31. The maximum atomic E-state index is 12.8. The van der Waals surface area contributed by atoms with Crippen LogP contribution in [0, 0.1) is 0 Å². The minimum absolute atomic E-state index is 0.0472. The van der Waals surface area contributed by atoms with Crippen molar-refractivity contribution < 1.29 is 14.0 Å². The van der Waals surface area contributed by atoms with Crippen LogP contribution in [0.2, 0.25) is 0 Å². The van der Waals surface area contributed by atoms with Gasteiger partial charge in [-0.25, -0.2) is 0 Å². The number of Topliss-reactive ketones (excluding diaryl/α,β-unsaturated/α-hetero) is 1. The van der Waals surface area contributed by atoms with Crippen LogP contribution < -0.4 is 0 Å². The molecule has 2 aliphatic rings. The third-order valence-corrected chi connectivity index (χ3v) is 5.68. The van der Waals surface area contributed by atoms with E-state index in [1.54, 1.807) is 11.3 Å². The number of thiophene rings is 1. The van der Waals surface area contributed by atoms with Crippen LogP contribution >= 0.6 is 11.3 Å². The molecule has 1 amide bonds. The van der Waals surface area contributed by atoms with Crippen LogP contribution in [0.15, 0.2) is 27.5 Å². The van der Waals surface area contributed by atoms with Gasteiger partial charge in [-0.15, -0.1) is 0 Å². The zero-order valence-electron chi connectivity index (χ0n) is 12.9. The van der Waals surface area contributed by atoms with Gasteiger partial charge in [0.25, 0.3) is 5.91 Å². The molecule has 2 aromatic heterocycles. The minimum atomic E-state index is -0.0472. The van der Waals surface area contributed by atoms with Gasteiger partial charge in [0, 0.05) is 25.9 Å². The maximum Gasteiger partial charge on any atom is 0.257 e. The van der Waals surface area contributed by atoms with E-state index in [1.807, 2.05) is 4.90 Å². The predicted octanol–water partition coefficient (Wildman–Crippen LogP) is 3.88. The molecule has 2 aromatic rings. The molecule has 0 atom stereocenters. The Balaban J connectivity index is 1.49. The van der Waals surface area contributed by atoms with Crippen molar-refractivity contribution in [2.24, 2.45) is 0 Å². The Morgan fingerprint density at radius 3 is 2.83 bits per heavy atom. The average Bonchev–Trinajstić information content (AvgIpc) is 3.25. The molecule has 0 spiro atoms. The van der Waals surface area contributed by atoms with Gasteiger partial charge >= 0.3 is 0 Å². The summed E-state index contributed by atoms with van der Waals surface area (Å²) < 4.78 is 5.48. The van der Waals surface area contributed by atoms with Crippen molar-refractivity contribution in [3.8, 4) is 0 Å². The van der Waals surface area contributed by atoms with E-state index in [2.05, 4.69) is 16.8 Å². The fraction of sp³-hybridized carbons (Fsp3) is 0.444. The van der Waals surface area contributed by atoms with Gasteiger partial charge in [-0.05, 0) is 47.6 Å². The number of piperidine rings is 1. The molecule has 120 valence electrons. The highest BCUT2D eigenvalue weighted by Crippen LogP contribution is 2.32. The minimum Gasteiger partial charge on any atom is -0.468 e. The quantitative estimate of drug-likeness (QED) is 0.840. The number of ketones is 1. The fourth-order valence-electron chi connectivity index (χ4n) is 3.67. The van der Waals surface area contributed by atoms with Gasteiger partial charge in [-0.2, -0.15) is 11.3 Å². The van der Waals surface area contributed by atoms with Crippen molar-refractivity contribution in [1.82, 2.24) is 4.90 Å². The largest absolute Gasteiger partial charge is 0.468 e. The zero-order chi connectivity index (χ0) is 15.8. The highest BCUT2D eigenvalue weighted by atomic mass is 32.1. The van der Waals surface area contributed by atoms with Gasteiger partial charge in [-0.1, -0.05) is 0 Å². The second kappa shape index (κ2) is 5.96. The second-order valence-corrected chi connectivity index (χ2v) is 7.13. The van der Waals surface area contributed by atoms with Gasteiger partial charge in [0.05, 0.1) is 11.1 Å². The summed E-state index contributed by atoms with van der Waals surface area (Å²) in [6, 6.07) is 2.18. The summed E-state index contributed by atoms with van der Waals surface area (Å²) in [5.41, 5.74) is 2.40. The van der Waals surface area contributed by atoms with E-state index in [9.17, 15) is 9.59 Å². The van der Waals surface area contributed by atoms with Crippen molar-refractivity contribution in [2.45, 2.75) is 38.0 Å². The maximum absolute atomic E-state index is 12.8. The number of aryl methyl sites for hydroxylation is 1. The van der Waals surface area contributed by atoms with Crippen LogP contribution in [0.1, 0.15) is 63.6 Å². The van der Waals surface area contributed by atoms with Gasteiger partial charge in [0.1, 0.15) is 12.0 Å². The van der Waals surface area contributed by atoms with Crippen LogP contribution in [-0.2, 0) is 6.42 Å². The first-order chi connectivity index (χ1) is 11.2. The third kappa shape index (κ3) is 2.63. The molecule has 0 N–H and O–H groups in total. The molecular weight excluding hydrogens is 310 g/mol. The van der Waals surface area contributed by atoms with E-state index < -0.39 is 0 Å². The Kier molecular flexibility index (Phi) is 3.81. The molecule has 0 aromatic carbocycles. The van der Waals surface area contributed by atoms with Crippen molar-refractivity contribution in [2.75, 3.05) is 13.1 Å². The molecule has 3 heterocycles. The first-order valence-electron chi connectivity index (χ1n) is 8.19. The summed E-state index contributed by atoms with van der Waals surface area (Å²) in [6.07, 6.45) is 5.55. The SMILES string of the molecule is O=C1CCCc2occ(C(=O)N3CCC(c4ccsc4)CC3)c21. The predicted molar refractivity (Wildman–Crippen MR) is 88.2 cm³/mol. The number of nitrogens with zero attached hydrogens (tertiary/aromatic N) is 1. The van der Waals surface area contributed by atoms with Crippen LogP contribution in [0.4, 0.5) is 0 Å². The van der Waals surface area contributed by atoms with Gasteiger partial charge in [0.15, 0.2) is 5.78 Å². The number of furan rings is 1. The molecule has 0 radical (unpaired) electrons. The first kappa shape index (κ1) is 14.7. The zero-order valence-corrected chi connectivity index (χ0v) is 13.7. The van der Waals surface area contributed by atoms with E-state index in [-0.39, 0.29) is 11.7 Å². The van der Waals surface area contributed by atoms with E-state index >= 15 is 0 Å². The molecule has 1 aliphatic carbocycles. The van der Waals surface area contributed by atoms with E-state index in [4.69, 9.17) is 4.42 Å². The number of carbonyl (C=O) groups is 2. The lowest BCUT2D eigenvalue weighted by atomic mass is 9.90. The monoisotopic (exact) mass is 329 g/mol. The molecule has 0 unspecified atom stereocenters. The lowest BCUT2D eigenvalue weighted by molar-refractivity contribution is 0.0708. The van der Waals surface area contributed by atoms with Crippen LogP contribution in [0.25, 0.3) is 0 Å². The molecule has 5 heteroatoms. The number of fused-ring (bicyclic) bond motifs is 1. The Bertz CT molecular complexity index is 724. The summed E-state index contributed by atoms with van der Waals surface area (Å²) in [4.78, 5) is 26.8. The van der Waals surface area contributed by atoms with Gasteiger partial charge in [0.2, 0.25) is 0 Å². The Labute approximate surface area is 139 Å². The van der Waals surface area contributed by atoms with E-state index in [0.29, 0.717) is 29.2 Å². The first-order valence-corrected chi connectivity index (χ1v) is 9.13. The summed E-state index contributed by atoms with van der Waals surface area (Å²) in [6.45, 7) is 1.49. The van der Waals surface area contributed by atoms with Gasteiger partial charge < -0.3 is 9.32 Å². The van der Waals surface area contributed by atoms with Crippen LogP contribution in [0.5, 0.6) is 0 Å². The van der Waals surface area contributed by atoms with Gasteiger partial charge in [-0.3, -0.25) is 9.59 Å². The number of carbonyl (C=O) groups excluding carboxylic acids is 2. The summed E-state index contributed by atoms with van der Waals surface area (Å²) in [5.74, 6) is 1.24. The Hall–Kier alpha value is -1.88. The van der Waals surface area contributed by atoms with Crippen LogP contribution in [0.3, 0.4) is 0 Å². The Morgan fingerprint density at radius 1 is 1.26 bits per heavy atom. The molecule has 1 saturated heterocycles. The highest BCUT2D eigenvalue weighted by Gasteiger charge is 2.31. The number of hydrogen-bond acceptors (Lipinski definition) is 4.